The Bertz CT molecular complexity index is 771. The number of rotatable bonds is 4. The molecule has 3 rings (SSSR count). The van der Waals surface area contributed by atoms with Crippen LogP contribution in [0.15, 0.2) is 48.5 Å². The van der Waals surface area contributed by atoms with Gasteiger partial charge in [-0.05, 0) is 35.9 Å². The van der Waals surface area contributed by atoms with Crippen LogP contribution in [-0.2, 0) is 9.53 Å². The molecule has 0 atom stereocenters. The highest BCUT2D eigenvalue weighted by molar-refractivity contribution is 6.34. The molecule has 0 aliphatic carbocycles. The van der Waals surface area contributed by atoms with Crippen LogP contribution in [0.5, 0.6) is 0 Å². The molecule has 6 heteroatoms. The van der Waals surface area contributed by atoms with E-state index < -0.39 is 0 Å². The molecule has 4 nitrogen and oxygen atoms in total. The van der Waals surface area contributed by atoms with Crippen LogP contribution in [-0.4, -0.2) is 32.2 Å². The van der Waals surface area contributed by atoms with E-state index in [4.69, 9.17) is 16.3 Å². The average Bonchev–Trinajstić information content (AvgIpc) is 2.62. The maximum Gasteiger partial charge on any atom is 0.248 e. The van der Waals surface area contributed by atoms with E-state index in [-0.39, 0.29) is 11.7 Å². The highest BCUT2D eigenvalue weighted by atomic mass is 35.5. The molecule has 1 N–H and O–H groups in total. The maximum atomic E-state index is 12.9. The summed E-state index contributed by atoms with van der Waals surface area (Å²) in [7, 11) is 0. The van der Waals surface area contributed by atoms with Gasteiger partial charge in [-0.25, -0.2) is 4.39 Å². The zero-order valence-electron chi connectivity index (χ0n) is 13.5. The highest BCUT2D eigenvalue weighted by Crippen LogP contribution is 2.34. The molecular formula is C19H18ClFN2O2. The molecule has 1 fully saturated rings. The molecule has 0 aromatic heterocycles. The van der Waals surface area contributed by atoms with E-state index in [9.17, 15) is 9.18 Å². The molecule has 2 aromatic carbocycles. The lowest BCUT2D eigenvalue weighted by atomic mass is 10.2. The number of benzene rings is 2. The molecule has 1 amide bonds. The number of carbonyl (C=O) groups excluding carboxylic acids is 1. The Morgan fingerprint density at radius 1 is 1.16 bits per heavy atom. The smallest absolute Gasteiger partial charge is 0.248 e. The van der Waals surface area contributed by atoms with Crippen LogP contribution in [0.25, 0.3) is 6.08 Å². The van der Waals surface area contributed by atoms with Crippen LogP contribution in [0.2, 0.25) is 5.02 Å². The molecule has 0 spiro atoms. The van der Waals surface area contributed by atoms with Gasteiger partial charge in [0.05, 0.1) is 29.6 Å². The van der Waals surface area contributed by atoms with Crippen molar-refractivity contribution in [1.82, 2.24) is 0 Å². The lowest BCUT2D eigenvalue weighted by Gasteiger charge is -2.31. The number of halogens is 2. The molecule has 0 unspecified atom stereocenters. The van der Waals surface area contributed by atoms with Crippen LogP contribution in [0.3, 0.4) is 0 Å². The second kappa shape index (κ2) is 8.14. The summed E-state index contributed by atoms with van der Waals surface area (Å²) >= 11 is 6.35. The van der Waals surface area contributed by atoms with Crippen molar-refractivity contribution in [3.63, 3.8) is 0 Å². The van der Waals surface area contributed by atoms with Crippen molar-refractivity contribution in [3.05, 3.63) is 64.9 Å². The van der Waals surface area contributed by atoms with Gasteiger partial charge in [-0.3, -0.25) is 4.79 Å². The minimum Gasteiger partial charge on any atom is -0.378 e. The van der Waals surface area contributed by atoms with Gasteiger partial charge in [-0.2, -0.15) is 0 Å². The van der Waals surface area contributed by atoms with E-state index in [1.165, 1.54) is 18.2 Å². The number of amides is 1. The molecule has 1 aliphatic heterocycles. The third-order valence-corrected chi connectivity index (χ3v) is 4.17. The largest absolute Gasteiger partial charge is 0.378 e. The lowest BCUT2D eigenvalue weighted by molar-refractivity contribution is -0.111. The van der Waals surface area contributed by atoms with E-state index in [0.717, 1.165) is 24.3 Å². The highest BCUT2D eigenvalue weighted by Gasteiger charge is 2.18. The first kappa shape index (κ1) is 17.5. The van der Waals surface area contributed by atoms with Gasteiger partial charge >= 0.3 is 0 Å². The summed E-state index contributed by atoms with van der Waals surface area (Å²) in [6, 6.07) is 11.3. The van der Waals surface area contributed by atoms with Gasteiger partial charge in [0, 0.05) is 19.2 Å². The summed E-state index contributed by atoms with van der Waals surface area (Å²) in [6.07, 6.45) is 3.05. The Labute approximate surface area is 150 Å². The molecule has 1 heterocycles. The number of anilines is 2. The molecule has 0 bridgehead atoms. The van der Waals surface area contributed by atoms with Gasteiger partial charge in [-0.15, -0.1) is 0 Å². The Kier molecular flexibility index (Phi) is 5.68. The fourth-order valence-electron chi connectivity index (χ4n) is 2.64. The van der Waals surface area contributed by atoms with Gasteiger partial charge < -0.3 is 15.0 Å². The molecule has 25 heavy (non-hydrogen) atoms. The van der Waals surface area contributed by atoms with Crippen molar-refractivity contribution in [2.45, 2.75) is 0 Å². The van der Waals surface area contributed by atoms with Crippen molar-refractivity contribution in [2.75, 3.05) is 36.5 Å². The summed E-state index contributed by atoms with van der Waals surface area (Å²) in [5.74, 6) is -0.586. The zero-order chi connectivity index (χ0) is 17.6. The van der Waals surface area contributed by atoms with Crippen molar-refractivity contribution < 1.29 is 13.9 Å². The number of para-hydroxylation sites is 1. The number of hydrogen-bond donors (Lipinski definition) is 1. The van der Waals surface area contributed by atoms with Crippen LogP contribution in [0.4, 0.5) is 15.8 Å². The third kappa shape index (κ3) is 4.59. The number of nitrogens with one attached hydrogen (secondary N) is 1. The first-order chi connectivity index (χ1) is 12.1. The van der Waals surface area contributed by atoms with Crippen molar-refractivity contribution in [3.8, 4) is 0 Å². The van der Waals surface area contributed by atoms with Gasteiger partial charge in [0.2, 0.25) is 5.91 Å². The van der Waals surface area contributed by atoms with Crippen LogP contribution < -0.4 is 10.2 Å². The number of carbonyl (C=O) groups is 1. The number of ether oxygens (including phenoxy) is 1. The molecule has 130 valence electrons. The summed E-state index contributed by atoms with van der Waals surface area (Å²) in [6.45, 7) is 2.70. The van der Waals surface area contributed by atoms with Gasteiger partial charge in [0.25, 0.3) is 0 Å². The predicted molar refractivity (Wildman–Crippen MR) is 98.5 cm³/mol. The Balaban J connectivity index is 1.74. The molecular weight excluding hydrogens is 343 g/mol. The normalized spacial score (nSPS) is 14.7. The van der Waals surface area contributed by atoms with E-state index in [0.29, 0.717) is 23.9 Å². The minimum atomic E-state index is -0.310. The van der Waals surface area contributed by atoms with Gasteiger partial charge in [-0.1, -0.05) is 29.8 Å². The summed E-state index contributed by atoms with van der Waals surface area (Å²) < 4.78 is 18.3. The van der Waals surface area contributed by atoms with Gasteiger partial charge in [0.15, 0.2) is 0 Å². The van der Waals surface area contributed by atoms with Crippen LogP contribution in [0, 0.1) is 5.82 Å². The fourth-order valence-corrected chi connectivity index (χ4v) is 2.94. The second-order valence-corrected chi connectivity index (χ2v) is 6.02. The average molecular weight is 361 g/mol. The fraction of sp³-hybridized carbons (Fsp3) is 0.211. The Hall–Kier alpha value is -2.37. The number of hydrogen-bond acceptors (Lipinski definition) is 3. The summed E-state index contributed by atoms with van der Waals surface area (Å²) in [5, 5.41) is 3.45. The molecule has 2 aromatic rings. The van der Waals surface area contributed by atoms with E-state index in [1.807, 2.05) is 6.07 Å². The third-order valence-electron chi connectivity index (χ3n) is 3.87. The molecule has 0 saturated carbocycles. The van der Waals surface area contributed by atoms with Crippen molar-refractivity contribution >= 4 is 35.0 Å². The summed E-state index contributed by atoms with van der Waals surface area (Å²) in [5.41, 5.74) is 2.20. The summed E-state index contributed by atoms with van der Waals surface area (Å²) in [4.78, 5) is 14.3. The minimum absolute atomic E-state index is 0.277. The lowest BCUT2D eigenvalue weighted by Crippen LogP contribution is -2.37. The molecule has 0 radical (unpaired) electrons. The SMILES string of the molecule is O=C(/C=C/c1ccc(F)cc1)Nc1cccc(Cl)c1N1CCOCC1. The first-order valence-corrected chi connectivity index (χ1v) is 8.37. The number of morpholine rings is 1. The number of nitrogens with zero attached hydrogens (tertiary/aromatic N) is 1. The van der Waals surface area contributed by atoms with Gasteiger partial charge in [0.1, 0.15) is 5.82 Å². The second-order valence-electron chi connectivity index (χ2n) is 5.61. The topological polar surface area (TPSA) is 41.6 Å². The standard InChI is InChI=1S/C19H18ClFN2O2/c20-16-2-1-3-17(19(16)23-10-12-25-13-11-23)22-18(24)9-6-14-4-7-15(21)8-5-14/h1-9H,10-13H2,(H,22,24)/b9-6+. The van der Waals surface area contributed by atoms with Crippen LogP contribution in [0.1, 0.15) is 5.56 Å². The zero-order valence-corrected chi connectivity index (χ0v) is 14.3. The van der Waals surface area contributed by atoms with Crippen LogP contribution >= 0.6 is 11.6 Å². The van der Waals surface area contributed by atoms with E-state index in [1.54, 1.807) is 30.3 Å². The molecule has 1 saturated heterocycles. The van der Waals surface area contributed by atoms with E-state index in [2.05, 4.69) is 10.2 Å². The monoisotopic (exact) mass is 360 g/mol. The quantitative estimate of drug-likeness (QED) is 0.839. The van der Waals surface area contributed by atoms with E-state index >= 15 is 0 Å². The Morgan fingerprint density at radius 3 is 2.60 bits per heavy atom. The first-order valence-electron chi connectivity index (χ1n) is 7.99. The predicted octanol–water partition coefficient (Wildman–Crippen LogP) is 3.97. The Morgan fingerprint density at radius 2 is 1.88 bits per heavy atom. The van der Waals surface area contributed by atoms with Crippen molar-refractivity contribution in [2.24, 2.45) is 0 Å². The maximum absolute atomic E-state index is 12.9. The van der Waals surface area contributed by atoms with Crippen molar-refractivity contribution in [1.29, 1.82) is 0 Å². The molecule has 1 aliphatic rings.